The predicted molar refractivity (Wildman–Crippen MR) is 160 cm³/mol. The van der Waals surface area contributed by atoms with Gasteiger partial charge >= 0.3 is 14.2 Å². The third-order valence-corrected chi connectivity index (χ3v) is 8.63. The van der Waals surface area contributed by atoms with Crippen molar-refractivity contribution in [2.24, 2.45) is 0 Å². The summed E-state index contributed by atoms with van der Waals surface area (Å²) in [4.78, 5) is 21.7. The van der Waals surface area contributed by atoms with Gasteiger partial charge in [0, 0.05) is 49.2 Å². The van der Waals surface area contributed by atoms with Crippen LogP contribution in [0.5, 0.6) is 0 Å². The molecule has 15 heteroatoms. The van der Waals surface area contributed by atoms with Gasteiger partial charge in [0.25, 0.3) is 0 Å². The molecule has 1 unspecified atom stereocenters. The van der Waals surface area contributed by atoms with Gasteiger partial charge in [-0.1, -0.05) is 37.3 Å². The molecule has 3 N–H and O–H groups in total. The summed E-state index contributed by atoms with van der Waals surface area (Å²) < 4.78 is 78.2. The van der Waals surface area contributed by atoms with Crippen molar-refractivity contribution in [2.45, 2.75) is 32.5 Å². The quantitative estimate of drug-likeness (QED) is 0.191. The third kappa shape index (κ3) is 7.83. The first-order chi connectivity index (χ1) is 20.3. The number of hydrogen-bond donors (Lipinski definition) is 3. The van der Waals surface area contributed by atoms with Crippen molar-refractivity contribution in [1.82, 2.24) is 15.0 Å². The Morgan fingerprint density at radius 3 is 2.35 bits per heavy atom. The SMILES string of the molecule is CCc1cccc([P+](=O)O)c1Cc1ccc(Nc2ncc(C(F)(F)F)c(NCc3cccnc3N(C)S(C)(=O)=O)n2)cc1. The lowest BCUT2D eigenvalue weighted by Gasteiger charge is -2.20. The van der Waals surface area contributed by atoms with E-state index >= 15 is 0 Å². The smallest absolute Gasteiger partial charge is 0.365 e. The summed E-state index contributed by atoms with van der Waals surface area (Å²) in [6, 6.07) is 15.4. The van der Waals surface area contributed by atoms with Crippen molar-refractivity contribution in [3.63, 3.8) is 0 Å². The standard InChI is InChI=1S/C28H28F3N6O4PS/c1-4-19-7-5-9-24(42(38)39)22(19)15-18-10-12-21(13-11-18)35-27-34-17-23(28(29,30)31)25(36-27)33-16-20-8-6-14-32-26(20)37(2)43(3,40)41/h5-14,17H,4,15-16H2,1-3H3,(H2-,33,34,35,36,38,39)/p+1. The lowest BCUT2D eigenvalue weighted by molar-refractivity contribution is -0.137. The van der Waals surface area contributed by atoms with Crippen LogP contribution in [0.15, 0.2) is 67.0 Å². The molecule has 10 nitrogen and oxygen atoms in total. The van der Waals surface area contributed by atoms with Crippen LogP contribution in [0.4, 0.5) is 36.4 Å². The summed E-state index contributed by atoms with van der Waals surface area (Å²) in [6.45, 7) is 1.77. The van der Waals surface area contributed by atoms with Gasteiger partial charge in [-0.2, -0.15) is 23.0 Å². The lowest BCUT2D eigenvalue weighted by Crippen LogP contribution is -2.27. The molecular formula is C28H29F3N6O4PS+. The molecule has 226 valence electrons. The van der Waals surface area contributed by atoms with Crippen LogP contribution in [0, 0.1) is 0 Å². The number of rotatable bonds is 11. The molecule has 2 aromatic carbocycles. The van der Waals surface area contributed by atoms with Gasteiger partial charge in [0.1, 0.15) is 17.2 Å². The molecule has 1 atom stereocenters. The second kappa shape index (κ2) is 13.0. The molecule has 4 aromatic rings. The van der Waals surface area contributed by atoms with E-state index in [0.717, 1.165) is 27.3 Å². The van der Waals surface area contributed by atoms with Crippen molar-refractivity contribution in [1.29, 1.82) is 0 Å². The van der Waals surface area contributed by atoms with Gasteiger partial charge in [0.15, 0.2) is 0 Å². The van der Waals surface area contributed by atoms with Crippen LogP contribution in [0.25, 0.3) is 0 Å². The number of halogens is 3. The lowest BCUT2D eigenvalue weighted by atomic mass is 9.98. The van der Waals surface area contributed by atoms with E-state index in [1.165, 1.54) is 13.2 Å². The number of anilines is 4. The average molecular weight is 634 g/mol. The normalized spacial score (nSPS) is 12.1. The summed E-state index contributed by atoms with van der Waals surface area (Å²) in [7, 11) is -4.87. The number of nitrogens with one attached hydrogen (secondary N) is 2. The topological polar surface area (TPSA) is 137 Å². The first kappa shape index (κ1) is 31.8. The van der Waals surface area contributed by atoms with Gasteiger partial charge in [-0.15, -0.1) is 0 Å². The van der Waals surface area contributed by atoms with E-state index in [2.05, 4.69) is 25.6 Å². The van der Waals surface area contributed by atoms with E-state index in [4.69, 9.17) is 0 Å². The zero-order valence-corrected chi connectivity index (χ0v) is 25.1. The van der Waals surface area contributed by atoms with Gasteiger partial charge in [0.05, 0.1) is 6.26 Å². The van der Waals surface area contributed by atoms with Gasteiger partial charge in [-0.3, -0.25) is 4.31 Å². The number of aryl methyl sites for hydroxylation is 1. The van der Waals surface area contributed by atoms with E-state index in [0.29, 0.717) is 35.6 Å². The summed E-state index contributed by atoms with van der Waals surface area (Å²) in [6.07, 6.45) is -0.584. The zero-order chi connectivity index (χ0) is 31.4. The van der Waals surface area contributed by atoms with Gasteiger partial charge in [-0.05, 0) is 46.4 Å². The molecule has 0 aliphatic rings. The van der Waals surface area contributed by atoms with Gasteiger partial charge in [-0.25, -0.2) is 18.4 Å². The first-order valence-corrected chi connectivity index (χ1v) is 16.0. The van der Waals surface area contributed by atoms with E-state index in [1.54, 1.807) is 48.5 Å². The van der Waals surface area contributed by atoms with Gasteiger partial charge < -0.3 is 10.6 Å². The zero-order valence-electron chi connectivity index (χ0n) is 23.4. The highest BCUT2D eigenvalue weighted by molar-refractivity contribution is 7.92. The predicted octanol–water partition coefficient (Wildman–Crippen LogP) is 5.16. The summed E-state index contributed by atoms with van der Waals surface area (Å²) in [5, 5.41) is 5.94. The van der Waals surface area contributed by atoms with Crippen molar-refractivity contribution < 1.29 is 31.0 Å². The number of alkyl halides is 3. The molecule has 0 saturated carbocycles. The maximum Gasteiger partial charge on any atom is 0.546 e. The Labute approximate surface area is 248 Å². The van der Waals surface area contributed by atoms with E-state index in [9.17, 15) is 31.0 Å². The number of benzene rings is 2. The molecule has 0 spiro atoms. The van der Waals surface area contributed by atoms with Crippen molar-refractivity contribution in [2.75, 3.05) is 28.2 Å². The van der Waals surface area contributed by atoms with Crippen molar-refractivity contribution in [3.8, 4) is 0 Å². The minimum Gasteiger partial charge on any atom is -0.365 e. The number of hydrogen-bond acceptors (Lipinski definition) is 8. The summed E-state index contributed by atoms with van der Waals surface area (Å²) in [5.74, 6) is -0.530. The van der Waals surface area contributed by atoms with Crippen LogP contribution in [0.3, 0.4) is 0 Å². The molecule has 0 fully saturated rings. The second-order valence-electron chi connectivity index (χ2n) is 9.56. The highest BCUT2D eigenvalue weighted by Crippen LogP contribution is 2.35. The second-order valence-corrected chi connectivity index (χ2v) is 12.6. The molecule has 43 heavy (non-hydrogen) atoms. The highest BCUT2D eigenvalue weighted by Gasteiger charge is 2.35. The van der Waals surface area contributed by atoms with Crippen LogP contribution < -0.4 is 20.2 Å². The van der Waals surface area contributed by atoms with E-state index in [-0.39, 0.29) is 18.3 Å². The van der Waals surface area contributed by atoms with Crippen molar-refractivity contribution >= 4 is 46.6 Å². The van der Waals surface area contributed by atoms with E-state index < -0.39 is 35.6 Å². The maximum absolute atomic E-state index is 13.8. The number of pyridine rings is 1. The van der Waals surface area contributed by atoms with Crippen LogP contribution in [-0.4, -0.2) is 41.6 Å². The molecule has 2 aromatic heterocycles. The molecule has 0 radical (unpaired) electrons. The maximum atomic E-state index is 13.8. The Morgan fingerprint density at radius 2 is 1.72 bits per heavy atom. The molecule has 0 aliphatic heterocycles. The van der Waals surface area contributed by atoms with E-state index in [1.807, 2.05) is 13.0 Å². The largest absolute Gasteiger partial charge is 0.546 e. The highest BCUT2D eigenvalue weighted by atomic mass is 32.2. The Morgan fingerprint density at radius 1 is 1.02 bits per heavy atom. The number of aromatic nitrogens is 3. The van der Waals surface area contributed by atoms with Crippen molar-refractivity contribution in [3.05, 3.63) is 94.8 Å². The van der Waals surface area contributed by atoms with Crippen LogP contribution in [-0.2, 0) is 40.2 Å². The fourth-order valence-corrected chi connectivity index (χ4v) is 5.49. The third-order valence-electron chi connectivity index (χ3n) is 6.63. The summed E-state index contributed by atoms with van der Waals surface area (Å²) in [5.41, 5.74) is 2.38. The number of sulfonamides is 1. The van der Waals surface area contributed by atoms with Crippen LogP contribution >= 0.6 is 8.03 Å². The first-order valence-electron chi connectivity index (χ1n) is 13.0. The molecule has 0 amide bonds. The Balaban J connectivity index is 1.56. The molecule has 0 saturated heterocycles. The Hall–Kier alpha value is -4.13. The van der Waals surface area contributed by atoms with Crippen LogP contribution in [0.1, 0.15) is 34.7 Å². The number of nitrogens with zero attached hydrogens (tertiary/aromatic N) is 4. The fourth-order valence-electron chi connectivity index (χ4n) is 4.35. The monoisotopic (exact) mass is 633 g/mol. The average Bonchev–Trinajstić information content (AvgIpc) is 2.96. The van der Waals surface area contributed by atoms with Gasteiger partial charge in [0.2, 0.25) is 21.3 Å². The van der Waals surface area contributed by atoms with Crippen LogP contribution in [0.2, 0.25) is 0 Å². The summed E-state index contributed by atoms with van der Waals surface area (Å²) >= 11 is 0. The molecule has 0 aliphatic carbocycles. The molecular weight excluding hydrogens is 604 g/mol. The molecule has 0 bridgehead atoms. The Kier molecular flexibility index (Phi) is 9.63. The fraction of sp³-hybridized carbons (Fsp3) is 0.250. The molecule has 4 rings (SSSR count). The Bertz CT molecular complexity index is 1740. The minimum absolute atomic E-state index is 0.0677. The minimum atomic E-state index is -4.75. The molecule has 2 heterocycles.